The van der Waals surface area contributed by atoms with Crippen LogP contribution in [0.2, 0.25) is 0 Å². The Morgan fingerprint density at radius 2 is 1.66 bits per heavy atom. The molecule has 29 heavy (non-hydrogen) atoms. The van der Waals surface area contributed by atoms with Gasteiger partial charge < -0.3 is 15.4 Å². The van der Waals surface area contributed by atoms with Gasteiger partial charge in [-0.3, -0.25) is 0 Å². The minimum absolute atomic E-state index is 0.179. The molecule has 0 unspecified atom stereocenters. The van der Waals surface area contributed by atoms with E-state index in [1.807, 2.05) is 19.1 Å². The summed E-state index contributed by atoms with van der Waals surface area (Å²) in [6.45, 7) is 2.54. The SMILES string of the molecule is COc1ccc(S(=O)(=O)NCCNc2ccc(Nc3cc(C)ccn3)nn2)cc1. The van der Waals surface area contributed by atoms with E-state index in [9.17, 15) is 8.42 Å². The highest BCUT2D eigenvalue weighted by molar-refractivity contribution is 7.89. The molecule has 3 aromatic rings. The Kier molecular flexibility index (Phi) is 6.57. The number of hydrogen-bond donors (Lipinski definition) is 3. The highest BCUT2D eigenvalue weighted by Crippen LogP contribution is 2.15. The van der Waals surface area contributed by atoms with Gasteiger partial charge in [-0.2, -0.15) is 0 Å². The second-order valence-electron chi connectivity index (χ2n) is 6.15. The van der Waals surface area contributed by atoms with Crippen molar-refractivity contribution in [2.24, 2.45) is 0 Å². The molecular weight excluding hydrogens is 392 g/mol. The van der Waals surface area contributed by atoms with Crippen LogP contribution in [0.5, 0.6) is 5.75 Å². The summed E-state index contributed by atoms with van der Waals surface area (Å²) in [5.74, 6) is 2.39. The fraction of sp³-hybridized carbons (Fsp3) is 0.211. The van der Waals surface area contributed by atoms with Gasteiger partial charge >= 0.3 is 0 Å². The lowest BCUT2D eigenvalue weighted by atomic mass is 10.3. The summed E-state index contributed by atoms with van der Waals surface area (Å²) < 4.78 is 32.1. The molecule has 10 heteroatoms. The van der Waals surface area contributed by atoms with Crippen molar-refractivity contribution < 1.29 is 13.2 Å². The first-order valence-electron chi connectivity index (χ1n) is 8.87. The molecule has 0 saturated carbocycles. The van der Waals surface area contributed by atoms with E-state index in [0.29, 0.717) is 29.7 Å². The molecule has 0 bridgehead atoms. The summed E-state index contributed by atoms with van der Waals surface area (Å²) in [4.78, 5) is 4.39. The van der Waals surface area contributed by atoms with Crippen molar-refractivity contribution in [1.82, 2.24) is 19.9 Å². The van der Waals surface area contributed by atoms with E-state index in [-0.39, 0.29) is 11.4 Å². The number of anilines is 3. The molecule has 0 amide bonds. The predicted octanol–water partition coefficient (Wildman–Crippen LogP) is 2.32. The van der Waals surface area contributed by atoms with Crippen molar-refractivity contribution in [3.63, 3.8) is 0 Å². The Bertz CT molecular complexity index is 1040. The second-order valence-corrected chi connectivity index (χ2v) is 7.91. The summed E-state index contributed by atoms with van der Waals surface area (Å²) in [7, 11) is -2.06. The maximum Gasteiger partial charge on any atom is 0.240 e. The van der Waals surface area contributed by atoms with E-state index in [1.165, 1.54) is 19.2 Å². The number of hydrogen-bond acceptors (Lipinski definition) is 8. The maximum absolute atomic E-state index is 12.3. The fourth-order valence-corrected chi connectivity index (χ4v) is 3.47. The van der Waals surface area contributed by atoms with Crippen LogP contribution in [0.1, 0.15) is 5.56 Å². The van der Waals surface area contributed by atoms with Gasteiger partial charge in [0.05, 0.1) is 12.0 Å². The van der Waals surface area contributed by atoms with Gasteiger partial charge in [0.25, 0.3) is 0 Å². The summed E-state index contributed by atoms with van der Waals surface area (Å²) in [6, 6.07) is 13.5. The van der Waals surface area contributed by atoms with Crippen LogP contribution in [0.4, 0.5) is 17.5 Å². The monoisotopic (exact) mass is 414 g/mol. The van der Waals surface area contributed by atoms with E-state index < -0.39 is 10.0 Å². The Labute approximate surface area is 169 Å². The summed E-state index contributed by atoms with van der Waals surface area (Å²) >= 11 is 0. The molecule has 0 aliphatic heterocycles. The van der Waals surface area contributed by atoms with Crippen LogP contribution >= 0.6 is 0 Å². The fourth-order valence-electron chi connectivity index (χ4n) is 2.44. The number of nitrogens with one attached hydrogen (secondary N) is 3. The minimum Gasteiger partial charge on any atom is -0.497 e. The van der Waals surface area contributed by atoms with Gasteiger partial charge in [-0.25, -0.2) is 18.1 Å². The molecule has 0 aliphatic carbocycles. The molecule has 0 saturated heterocycles. The predicted molar refractivity (Wildman–Crippen MR) is 111 cm³/mol. The Morgan fingerprint density at radius 1 is 0.931 bits per heavy atom. The quantitative estimate of drug-likeness (QED) is 0.457. The Balaban J connectivity index is 1.47. The zero-order valence-electron chi connectivity index (χ0n) is 16.1. The van der Waals surface area contributed by atoms with Crippen LogP contribution in [0.15, 0.2) is 59.6 Å². The van der Waals surface area contributed by atoms with Crippen LogP contribution in [-0.2, 0) is 10.0 Å². The topological polar surface area (TPSA) is 118 Å². The zero-order valence-corrected chi connectivity index (χ0v) is 16.9. The number of aromatic nitrogens is 3. The third-order valence-electron chi connectivity index (χ3n) is 3.93. The van der Waals surface area contributed by atoms with Crippen LogP contribution in [0, 0.1) is 6.92 Å². The summed E-state index contributed by atoms with van der Waals surface area (Å²) in [5, 5.41) is 14.2. The lowest BCUT2D eigenvalue weighted by Crippen LogP contribution is -2.29. The van der Waals surface area contributed by atoms with Gasteiger partial charge in [-0.05, 0) is 61.0 Å². The Hall–Kier alpha value is -3.24. The van der Waals surface area contributed by atoms with Gasteiger partial charge in [0.1, 0.15) is 17.4 Å². The van der Waals surface area contributed by atoms with Gasteiger partial charge in [-0.1, -0.05) is 0 Å². The number of rotatable bonds is 9. The van der Waals surface area contributed by atoms with Crippen molar-refractivity contribution >= 4 is 27.5 Å². The van der Waals surface area contributed by atoms with E-state index in [4.69, 9.17) is 4.74 Å². The van der Waals surface area contributed by atoms with Crippen LogP contribution in [-0.4, -0.2) is 43.8 Å². The normalized spacial score (nSPS) is 11.1. The van der Waals surface area contributed by atoms with Crippen LogP contribution < -0.4 is 20.1 Å². The van der Waals surface area contributed by atoms with E-state index in [0.717, 1.165) is 5.56 Å². The molecule has 0 radical (unpaired) electrons. The highest BCUT2D eigenvalue weighted by atomic mass is 32.2. The average molecular weight is 414 g/mol. The summed E-state index contributed by atoms with van der Waals surface area (Å²) in [6.07, 6.45) is 1.72. The molecule has 3 rings (SSSR count). The van der Waals surface area contributed by atoms with Gasteiger partial charge in [-0.15, -0.1) is 10.2 Å². The second kappa shape index (κ2) is 9.30. The number of ether oxygens (including phenoxy) is 1. The molecule has 2 heterocycles. The van der Waals surface area contributed by atoms with E-state index >= 15 is 0 Å². The molecule has 2 aromatic heterocycles. The zero-order chi connectivity index (χ0) is 20.7. The first kappa shape index (κ1) is 20.5. The van der Waals surface area contributed by atoms with Crippen molar-refractivity contribution in [1.29, 1.82) is 0 Å². The van der Waals surface area contributed by atoms with Crippen LogP contribution in [0.25, 0.3) is 0 Å². The highest BCUT2D eigenvalue weighted by Gasteiger charge is 2.13. The number of benzene rings is 1. The van der Waals surface area contributed by atoms with Crippen molar-refractivity contribution in [3.05, 3.63) is 60.3 Å². The number of methoxy groups -OCH3 is 1. The molecule has 9 nitrogen and oxygen atoms in total. The molecular formula is C19H22N6O3S. The van der Waals surface area contributed by atoms with Gasteiger partial charge in [0.15, 0.2) is 5.82 Å². The minimum atomic E-state index is -3.58. The number of nitrogens with zero attached hydrogens (tertiary/aromatic N) is 3. The third-order valence-corrected chi connectivity index (χ3v) is 5.41. The third kappa shape index (κ3) is 5.87. The van der Waals surface area contributed by atoms with Crippen molar-refractivity contribution in [2.75, 3.05) is 30.8 Å². The van der Waals surface area contributed by atoms with Crippen molar-refractivity contribution in [2.45, 2.75) is 11.8 Å². The van der Waals surface area contributed by atoms with Gasteiger partial charge in [0.2, 0.25) is 10.0 Å². The lowest BCUT2D eigenvalue weighted by Gasteiger charge is -2.09. The molecule has 0 fully saturated rings. The Morgan fingerprint density at radius 3 is 2.31 bits per heavy atom. The van der Waals surface area contributed by atoms with Crippen LogP contribution in [0.3, 0.4) is 0 Å². The maximum atomic E-state index is 12.3. The molecule has 0 atom stereocenters. The first-order valence-corrected chi connectivity index (χ1v) is 10.4. The van der Waals surface area contributed by atoms with E-state index in [1.54, 1.807) is 30.5 Å². The smallest absolute Gasteiger partial charge is 0.240 e. The first-order chi connectivity index (χ1) is 14.0. The standard InChI is InChI=1S/C19H22N6O3S/c1-14-9-10-20-19(13-14)23-18-8-7-17(24-25-18)21-11-12-22-29(26,27)16-5-3-15(28-2)4-6-16/h3-10,13,22H,11-12H2,1-2H3,(H,21,24)(H,20,23,25). The molecule has 152 valence electrons. The van der Waals surface area contributed by atoms with E-state index in [2.05, 4.69) is 30.5 Å². The number of sulfonamides is 1. The average Bonchev–Trinajstić information content (AvgIpc) is 2.72. The lowest BCUT2D eigenvalue weighted by molar-refractivity contribution is 0.414. The number of aryl methyl sites for hydroxylation is 1. The summed E-state index contributed by atoms with van der Waals surface area (Å²) in [5.41, 5.74) is 1.09. The van der Waals surface area contributed by atoms with Gasteiger partial charge in [0, 0.05) is 19.3 Å². The number of pyridine rings is 1. The van der Waals surface area contributed by atoms with Crippen molar-refractivity contribution in [3.8, 4) is 5.75 Å². The molecule has 0 spiro atoms. The molecule has 3 N–H and O–H groups in total. The molecule has 1 aromatic carbocycles. The largest absolute Gasteiger partial charge is 0.497 e. The molecule has 0 aliphatic rings.